The van der Waals surface area contributed by atoms with Crippen LogP contribution < -0.4 is 0 Å². The zero-order valence-electron chi connectivity index (χ0n) is 14.2. The van der Waals surface area contributed by atoms with Gasteiger partial charge in [0.1, 0.15) is 17.3 Å². The van der Waals surface area contributed by atoms with Gasteiger partial charge in [-0.15, -0.1) is 16.4 Å². The number of amides is 1. The standard InChI is InChI=1S/C15H22N6O2S/c1-19(2)14(22)10-23-9-11-6-21(8-13-16-4-5-24-13)7-12-15(11)20(3)18-17-12/h4-5,11H,6-10H2,1-3H3/t11-/m0/s1. The van der Waals surface area contributed by atoms with Crippen molar-refractivity contribution in [1.29, 1.82) is 0 Å². The summed E-state index contributed by atoms with van der Waals surface area (Å²) in [5, 5.41) is 11.5. The van der Waals surface area contributed by atoms with Crippen LogP contribution in [0.4, 0.5) is 0 Å². The van der Waals surface area contributed by atoms with Crippen LogP contribution in [0, 0.1) is 0 Å². The molecule has 0 aromatic carbocycles. The van der Waals surface area contributed by atoms with Crippen LogP contribution in [0.3, 0.4) is 0 Å². The number of hydrogen-bond donors (Lipinski definition) is 0. The third-order valence-corrected chi connectivity index (χ3v) is 4.83. The molecule has 0 unspecified atom stereocenters. The van der Waals surface area contributed by atoms with E-state index in [1.165, 1.54) is 4.90 Å². The molecule has 3 heterocycles. The second-order valence-electron chi connectivity index (χ2n) is 6.14. The Kier molecular flexibility index (Phi) is 5.22. The number of fused-ring (bicyclic) bond motifs is 1. The normalized spacial score (nSPS) is 17.7. The van der Waals surface area contributed by atoms with Gasteiger partial charge in [-0.1, -0.05) is 5.21 Å². The highest BCUT2D eigenvalue weighted by Gasteiger charge is 2.30. The predicted molar refractivity (Wildman–Crippen MR) is 89.5 cm³/mol. The summed E-state index contributed by atoms with van der Waals surface area (Å²) in [5.41, 5.74) is 2.08. The number of carbonyl (C=O) groups excluding carboxylic acids is 1. The molecule has 3 rings (SSSR count). The summed E-state index contributed by atoms with van der Waals surface area (Å²) in [7, 11) is 5.36. The first-order chi connectivity index (χ1) is 11.5. The minimum absolute atomic E-state index is 0.0335. The molecule has 130 valence electrons. The number of carbonyl (C=O) groups is 1. The van der Waals surface area contributed by atoms with E-state index in [0.717, 1.165) is 36.0 Å². The average Bonchev–Trinajstić information content (AvgIpc) is 3.17. The Labute approximate surface area is 145 Å². The van der Waals surface area contributed by atoms with Crippen molar-refractivity contribution in [3.8, 4) is 0 Å². The summed E-state index contributed by atoms with van der Waals surface area (Å²) < 4.78 is 7.48. The number of likely N-dealkylation sites (N-methyl/N-ethyl adjacent to an activating group) is 1. The van der Waals surface area contributed by atoms with Crippen molar-refractivity contribution in [2.45, 2.75) is 19.0 Å². The number of aryl methyl sites for hydroxylation is 1. The zero-order chi connectivity index (χ0) is 17.1. The maximum absolute atomic E-state index is 11.7. The van der Waals surface area contributed by atoms with Crippen molar-refractivity contribution in [1.82, 2.24) is 29.8 Å². The van der Waals surface area contributed by atoms with E-state index in [9.17, 15) is 4.79 Å². The van der Waals surface area contributed by atoms with Crippen LogP contribution in [0.5, 0.6) is 0 Å². The number of nitrogens with zero attached hydrogens (tertiary/aromatic N) is 6. The van der Waals surface area contributed by atoms with Gasteiger partial charge in [-0.25, -0.2) is 4.98 Å². The molecular formula is C15H22N6O2S. The fourth-order valence-electron chi connectivity index (χ4n) is 2.89. The van der Waals surface area contributed by atoms with Gasteiger partial charge in [-0.2, -0.15) is 0 Å². The van der Waals surface area contributed by atoms with E-state index >= 15 is 0 Å². The number of ether oxygens (including phenoxy) is 1. The molecule has 0 N–H and O–H groups in total. The summed E-state index contributed by atoms with van der Waals surface area (Å²) in [6.07, 6.45) is 1.82. The van der Waals surface area contributed by atoms with Gasteiger partial charge in [0, 0.05) is 51.7 Å². The molecule has 2 aromatic heterocycles. The van der Waals surface area contributed by atoms with Gasteiger partial charge in [-0.05, 0) is 0 Å². The van der Waals surface area contributed by atoms with Crippen molar-refractivity contribution in [3.05, 3.63) is 28.0 Å². The number of thiazole rings is 1. The van der Waals surface area contributed by atoms with E-state index in [2.05, 4.69) is 20.2 Å². The van der Waals surface area contributed by atoms with Crippen LogP contribution >= 0.6 is 11.3 Å². The summed E-state index contributed by atoms with van der Waals surface area (Å²) >= 11 is 1.65. The molecule has 1 aliphatic heterocycles. The number of rotatable bonds is 6. The lowest BCUT2D eigenvalue weighted by Crippen LogP contribution is -2.36. The number of hydrogen-bond acceptors (Lipinski definition) is 7. The summed E-state index contributed by atoms with van der Waals surface area (Å²) in [4.78, 5) is 19.9. The zero-order valence-corrected chi connectivity index (χ0v) is 15.0. The van der Waals surface area contributed by atoms with Crippen molar-refractivity contribution >= 4 is 17.2 Å². The summed E-state index contributed by atoms with van der Waals surface area (Å²) in [6.45, 7) is 2.96. The minimum Gasteiger partial charge on any atom is -0.371 e. The highest BCUT2D eigenvalue weighted by atomic mass is 32.1. The molecule has 0 saturated carbocycles. The third-order valence-electron chi connectivity index (χ3n) is 4.07. The van der Waals surface area contributed by atoms with Crippen LogP contribution in [0.1, 0.15) is 22.3 Å². The largest absolute Gasteiger partial charge is 0.371 e. The minimum atomic E-state index is -0.0335. The lowest BCUT2D eigenvalue weighted by molar-refractivity contribution is -0.133. The number of aromatic nitrogens is 4. The van der Waals surface area contributed by atoms with E-state index in [4.69, 9.17) is 4.74 Å². The van der Waals surface area contributed by atoms with Gasteiger partial charge in [0.25, 0.3) is 0 Å². The molecule has 0 saturated heterocycles. The highest BCUT2D eigenvalue weighted by Crippen LogP contribution is 2.28. The predicted octanol–water partition coefficient (Wildman–Crippen LogP) is 0.476. The second-order valence-corrected chi connectivity index (χ2v) is 7.12. The molecule has 1 atom stereocenters. The first-order valence-corrected chi connectivity index (χ1v) is 8.69. The van der Waals surface area contributed by atoms with E-state index in [-0.39, 0.29) is 18.4 Å². The van der Waals surface area contributed by atoms with Gasteiger partial charge in [-0.3, -0.25) is 14.4 Å². The van der Waals surface area contributed by atoms with Crippen molar-refractivity contribution < 1.29 is 9.53 Å². The van der Waals surface area contributed by atoms with Gasteiger partial charge < -0.3 is 9.64 Å². The van der Waals surface area contributed by atoms with Crippen LogP contribution in [0.2, 0.25) is 0 Å². The molecule has 2 aromatic rings. The molecule has 24 heavy (non-hydrogen) atoms. The molecule has 0 spiro atoms. The summed E-state index contributed by atoms with van der Waals surface area (Å²) in [6, 6.07) is 0. The van der Waals surface area contributed by atoms with E-state index in [1.54, 1.807) is 25.4 Å². The average molecular weight is 350 g/mol. The van der Waals surface area contributed by atoms with Crippen LogP contribution in [0.25, 0.3) is 0 Å². The van der Waals surface area contributed by atoms with E-state index < -0.39 is 0 Å². The Bertz CT molecular complexity index is 684. The fourth-order valence-corrected chi connectivity index (χ4v) is 3.54. The van der Waals surface area contributed by atoms with Crippen LogP contribution in [-0.2, 0) is 29.7 Å². The molecule has 0 fully saturated rings. The Morgan fingerprint density at radius 2 is 2.33 bits per heavy atom. The van der Waals surface area contributed by atoms with Gasteiger partial charge in [0.15, 0.2) is 0 Å². The second kappa shape index (κ2) is 7.37. The maximum atomic E-state index is 11.7. The fraction of sp³-hybridized carbons (Fsp3) is 0.600. The van der Waals surface area contributed by atoms with Crippen LogP contribution in [-0.4, -0.2) is 69.5 Å². The van der Waals surface area contributed by atoms with Gasteiger partial charge in [0.2, 0.25) is 5.91 Å². The Balaban J connectivity index is 1.66. The molecule has 0 radical (unpaired) electrons. The molecule has 1 aliphatic rings. The molecule has 8 nitrogen and oxygen atoms in total. The monoisotopic (exact) mass is 350 g/mol. The van der Waals surface area contributed by atoms with Crippen molar-refractivity contribution in [2.75, 3.05) is 33.9 Å². The quantitative estimate of drug-likeness (QED) is 0.754. The molecular weight excluding hydrogens is 328 g/mol. The first kappa shape index (κ1) is 17.0. The summed E-state index contributed by atoms with van der Waals surface area (Å²) in [5.74, 6) is 0.109. The Morgan fingerprint density at radius 1 is 1.50 bits per heavy atom. The SMILES string of the molecule is CN(C)C(=O)COC[C@@H]1CN(Cc2nccs2)Cc2nnn(C)c21. The first-order valence-electron chi connectivity index (χ1n) is 7.81. The molecule has 0 bridgehead atoms. The van der Waals surface area contributed by atoms with Gasteiger partial charge in [0.05, 0.1) is 18.8 Å². The van der Waals surface area contributed by atoms with Crippen molar-refractivity contribution in [2.24, 2.45) is 7.05 Å². The maximum Gasteiger partial charge on any atom is 0.248 e. The van der Waals surface area contributed by atoms with Gasteiger partial charge >= 0.3 is 0 Å². The van der Waals surface area contributed by atoms with Crippen LogP contribution in [0.15, 0.2) is 11.6 Å². The lowest BCUT2D eigenvalue weighted by atomic mass is 9.99. The topological polar surface area (TPSA) is 76.4 Å². The Hall–Kier alpha value is -1.84. The van der Waals surface area contributed by atoms with E-state index in [1.807, 2.05) is 23.3 Å². The molecule has 1 amide bonds. The highest BCUT2D eigenvalue weighted by molar-refractivity contribution is 7.09. The van der Waals surface area contributed by atoms with E-state index in [0.29, 0.717) is 6.61 Å². The lowest BCUT2D eigenvalue weighted by Gasteiger charge is -2.31. The Morgan fingerprint density at radius 3 is 3.04 bits per heavy atom. The smallest absolute Gasteiger partial charge is 0.248 e. The van der Waals surface area contributed by atoms with Crippen molar-refractivity contribution in [3.63, 3.8) is 0 Å². The third kappa shape index (κ3) is 3.80. The molecule has 9 heteroatoms. The molecule has 0 aliphatic carbocycles.